The highest BCUT2D eigenvalue weighted by Gasteiger charge is 2.04. The van der Waals surface area contributed by atoms with Crippen molar-refractivity contribution in [2.24, 2.45) is 7.05 Å². The summed E-state index contributed by atoms with van der Waals surface area (Å²) >= 11 is 0. The van der Waals surface area contributed by atoms with Gasteiger partial charge < -0.3 is 20.4 Å². The number of nitrogens with two attached hydrogens (primary N) is 1. The van der Waals surface area contributed by atoms with Gasteiger partial charge in [0.25, 0.3) is 0 Å². The van der Waals surface area contributed by atoms with Gasteiger partial charge >= 0.3 is 0 Å². The van der Waals surface area contributed by atoms with Gasteiger partial charge in [-0.3, -0.25) is 9.59 Å². The predicted molar refractivity (Wildman–Crippen MR) is 81.3 cm³/mol. The van der Waals surface area contributed by atoms with Crippen LogP contribution in [0, 0.1) is 0 Å². The zero-order chi connectivity index (χ0) is 15.2. The van der Waals surface area contributed by atoms with E-state index in [4.69, 9.17) is 10.5 Å². The largest absolute Gasteiger partial charge is 0.493 e. The molecule has 0 saturated carbocycles. The Bertz CT molecular complexity index is 695. The molecule has 2 rings (SSSR count). The molecular weight excluding hydrogens is 270 g/mol. The standard InChI is InChI=1S/C15H17N3O3/c1-18-10-12(5-6-15(18)20)17-14(19)7-8-21-13-4-2-3-11(16)9-13/h2-6,9-10H,7-8,16H2,1H3,(H,17,19). The van der Waals surface area contributed by atoms with Crippen LogP contribution in [0.3, 0.4) is 0 Å². The van der Waals surface area contributed by atoms with E-state index >= 15 is 0 Å². The van der Waals surface area contributed by atoms with Crippen molar-refractivity contribution >= 4 is 17.3 Å². The van der Waals surface area contributed by atoms with Gasteiger partial charge in [0.05, 0.1) is 18.7 Å². The first-order valence-corrected chi connectivity index (χ1v) is 6.49. The molecule has 1 heterocycles. The quantitative estimate of drug-likeness (QED) is 0.813. The number of ether oxygens (including phenoxy) is 1. The molecule has 0 spiro atoms. The number of nitrogens with one attached hydrogen (secondary N) is 1. The summed E-state index contributed by atoms with van der Waals surface area (Å²) in [7, 11) is 1.63. The van der Waals surface area contributed by atoms with Crippen LogP contribution in [0.5, 0.6) is 5.75 Å². The van der Waals surface area contributed by atoms with Crippen LogP contribution < -0.4 is 21.3 Å². The summed E-state index contributed by atoms with van der Waals surface area (Å²) in [6.07, 6.45) is 1.77. The minimum absolute atomic E-state index is 0.127. The van der Waals surface area contributed by atoms with E-state index < -0.39 is 0 Å². The molecule has 0 aliphatic heterocycles. The number of amides is 1. The number of aryl methyl sites for hydroxylation is 1. The van der Waals surface area contributed by atoms with Crippen LogP contribution in [0.2, 0.25) is 0 Å². The van der Waals surface area contributed by atoms with E-state index in [0.717, 1.165) is 0 Å². The van der Waals surface area contributed by atoms with E-state index in [-0.39, 0.29) is 24.5 Å². The molecule has 0 aliphatic rings. The minimum Gasteiger partial charge on any atom is -0.493 e. The highest BCUT2D eigenvalue weighted by Crippen LogP contribution is 2.14. The number of hydrogen-bond acceptors (Lipinski definition) is 4. The normalized spacial score (nSPS) is 10.1. The highest BCUT2D eigenvalue weighted by atomic mass is 16.5. The number of nitrogens with zero attached hydrogens (tertiary/aromatic N) is 1. The van der Waals surface area contributed by atoms with Crippen molar-refractivity contribution in [2.75, 3.05) is 17.7 Å². The van der Waals surface area contributed by atoms with E-state index in [1.54, 1.807) is 43.6 Å². The molecular formula is C15H17N3O3. The Labute approximate surface area is 122 Å². The lowest BCUT2D eigenvalue weighted by Gasteiger charge is -2.08. The number of aromatic nitrogens is 1. The van der Waals surface area contributed by atoms with Crippen molar-refractivity contribution in [3.63, 3.8) is 0 Å². The maximum absolute atomic E-state index is 11.8. The average Bonchev–Trinajstić information content (AvgIpc) is 2.43. The monoisotopic (exact) mass is 287 g/mol. The van der Waals surface area contributed by atoms with E-state index in [1.165, 1.54) is 10.6 Å². The van der Waals surface area contributed by atoms with Gasteiger partial charge in [-0.1, -0.05) is 6.07 Å². The van der Waals surface area contributed by atoms with Crippen molar-refractivity contribution in [1.82, 2.24) is 4.57 Å². The van der Waals surface area contributed by atoms with E-state index in [2.05, 4.69) is 5.32 Å². The summed E-state index contributed by atoms with van der Waals surface area (Å²) in [6.45, 7) is 0.251. The van der Waals surface area contributed by atoms with Crippen molar-refractivity contribution in [1.29, 1.82) is 0 Å². The predicted octanol–water partition coefficient (Wildman–Crippen LogP) is 1.38. The third-order valence-corrected chi connectivity index (χ3v) is 2.83. The van der Waals surface area contributed by atoms with E-state index in [1.807, 2.05) is 0 Å². The lowest BCUT2D eigenvalue weighted by Crippen LogP contribution is -2.19. The minimum atomic E-state index is -0.183. The van der Waals surface area contributed by atoms with Gasteiger partial charge in [0.1, 0.15) is 5.75 Å². The third kappa shape index (κ3) is 4.38. The molecule has 1 amide bonds. The SMILES string of the molecule is Cn1cc(NC(=O)CCOc2cccc(N)c2)ccc1=O. The van der Waals surface area contributed by atoms with Crippen LogP contribution in [0.4, 0.5) is 11.4 Å². The average molecular weight is 287 g/mol. The zero-order valence-corrected chi connectivity index (χ0v) is 11.7. The first-order chi connectivity index (χ1) is 10.0. The van der Waals surface area contributed by atoms with Crippen molar-refractivity contribution in [3.05, 3.63) is 52.9 Å². The number of carbonyl (C=O) groups is 1. The van der Waals surface area contributed by atoms with Gasteiger partial charge in [0.2, 0.25) is 11.5 Å². The second-order valence-corrected chi connectivity index (χ2v) is 4.59. The van der Waals surface area contributed by atoms with Gasteiger partial charge in [-0.25, -0.2) is 0 Å². The molecule has 0 fully saturated rings. The number of hydrogen-bond donors (Lipinski definition) is 2. The second kappa shape index (κ2) is 6.60. The number of rotatable bonds is 5. The van der Waals surface area contributed by atoms with Crippen molar-refractivity contribution < 1.29 is 9.53 Å². The lowest BCUT2D eigenvalue weighted by molar-refractivity contribution is -0.116. The van der Waals surface area contributed by atoms with Gasteiger partial charge in [0, 0.05) is 31.1 Å². The maximum Gasteiger partial charge on any atom is 0.250 e. The molecule has 1 aromatic heterocycles. The van der Waals surface area contributed by atoms with Gasteiger partial charge in [0.15, 0.2) is 0 Å². The molecule has 0 bridgehead atoms. The summed E-state index contributed by atoms with van der Waals surface area (Å²) in [5.41, 5.74) is 6.69. The van der Waals surface area contributed by atoms with Crippen LogP contribution >= 0.6 is 0 Å². The summed E-state index contributed by atoms with van der Waals surface area (Å²) in [6, 6.07) is 10.00. The molecule has 2 aromatic rings. The fourth-order valence-electron chi connectivity index (χ4n) is 1.76. The highest BCUT2D eigenvalue weighted by molar-refractivity contribution is 5.90. The zero-order valence-electron chi connectivity index (χ0n) is 11.7. The molecule has 0 unspecified atom stereocenters. The molecule has 3 N–H and O–H groups in total. The maximum atomic E-state index is 11.8. The Morgan fingerprint density at radius 1 is 1.33 bits per heavy atom. The Hall–Kier alpha value is -2.76. The topological polar surface area (TPSA) is 86.3 Å². The Balaban J connectivity index is 1.82. The molecule has 0 atom stereocenters. The lowest BCUT2D eigenvalue weighted by atomic mass is 10.3. The van der Waals surface area contributed by atoms with Crippen LogP contribution in [0.1, 0.15) is 6.42 Å². The fourth-order valence-corrected chi connectivity index (χ4v) is 1.76. The third-order valence-electron chi connectivity index (χ3n) is 2.83. The summed E-state index contributed by atoms with van der Waals surface area (Å²) in [5, 5.41) is 2.70. The molecule has 1 aromatic carbocycles. The van der Waals surface area contributed by atoms with Gasteiger partial charge in [-0.15, -0.1) is 0 Å². The number of carbonyl (C=O) groups excluding carboxylic acids is 1. The molecule has 6 heteroatoms. The van der Waals surface area contributed by atoms with Gasteiger partial charge in [-0.2, -0.15) is 0 Å². The van der Waals surface area contributed by atoms with Gasteiger partial charge in [-0.05, 0) is 18.2 Å². The first-order valence-electron chi connectivity index (χ1n) is 6.49. The Kier molecular flexibility index (Phi) is 4.61. The summed E-state index contributed by atoms with van der Waals surface area (Å²) in [5.74, 6) is 0.447. The fraction of sp³-hybridized carbons (Fsp3) is 0.200. The van der Waals surface area contributed by atoms with Crippen molar-refractivity contribution in [3.8, 4) is 5.75 Å². The molecule has 110 valence electrons. The van der Waals surface area contributed by atoms with Crippen LogP contribution in [-0.4, -0.2) is 17.1 Å². The Morgan fingerprint density at radius 2 is 2.14 bits per heavy atom. The second-order valence-electron chi connectivity index (χ2n) is 4.59. The van der Waals surface area contributed by atoms with Crippen LogP contribution in [-0.2, 0) is 11.8 Å². The summed E-state index contributed by atoms with van der Waals surface area (Å²) in [4.78, 5) is 23.0. The molecule has 21 heavy (non-hydrogen) atoms. The number of pyridine rings is 1. The van der Waals surface area contributed by atoms with E-state index in [0.29, 0.717) is 17.1 Å². The smallest absolute Gasteiger partial charge is 0.250 e. The van der Waals surface area contributed by atoms with Crippen LogP contribution in [0.15, 0.2) is 47.4 Å². The molecule has 0 saturated heterocycles. The summed E-state index contributed by atoms with van der Waals surface area (Å²) < 4.78 is 6.84. The van der Waals surface area contributed by atoms with E-state index in [9.17, 15) is 9.59 Å². The van der Waals surface area contributed by atoms with Crippen LogP contribution in [0.25, 0.3) is 0 Å². The first kappa shape index (κ1) is 14.6. The molecule has 0 aliphatic carbocycles. The molecule has 6 nitrogen and oxygen atoms in total. The molecule has 0 radical (unpaired) electrons. The van der Waals surface area contributed by atoms with Crippen molar-refractivity contribution in [2.45, 2.75) is 6.42 Å². The number of nitrogen functional groups attached to an aromatic ring is 1. The Morgan fingerprint density at radius 3 is 2.86 bits per heavy atom. The number of anilines is 2. The number of benzene rings is 1.